The van der Waals surface area contributed by atoms with Crippen LogP contribution in [0, 0.1) is 11.6 Å². The van der Waals surface area contributed by atoms with Crippen LogP contribution in [0.2, 0.25) is 0 Å². The van der Waals surface area contributed by atoms with Crippen LogP contribution in [-0.4, -0.2) is 31.7 Å². The maximum atomic E-state index is 13.6. The molecule has 0 aliphatic carbocycles. The molecule has 1 saturated heterocycles. The summed E-state index contributed by atoms with van der Waals surface area (Å²) in [6, 6.07) is 11.3. The van der Waals surface area contributed by atoms with E-state index in [1.807, 2.05) is 38.1 Å². The van der Waals surface area contributed by atoms with Gasteiger partial charge in [0.2, 0.25) is 5.91 Å². The van der Waals surface area contributed by atoms with Crippen molar-refractivity contribution >= 4 is 17.7 Å². The number of amides is 1. The number of halogens is 2. The highest BCUT2D eigenvalue weighted by atomic mass is 19.1. The number of hydrogen-bond acceptors (Lipinski definition) is 3. The zero-order chi connectivity index (χ0) is 20.1. The number of carbonyl (C=O) groups excluding carboxylic acids is 1. The standard InChI is InChI=1S/C22H24F2N2O2/c1-15-14-26(11-12-28-15)18-6-3-5-17(13-18)16(2)25-22(27)10-9-19-20(23)7-4-8-21(19)24/h3-10,13,15-16H,11-12,14H2,1-2H3,(H,25,27)/t15?,16-/m1/s1. The lowest BCUT2D eigenvalue weighted by Gasteiger charge is -2.33. The van der Waals surface area contributed by atoms with Crippen molar-refractivity contribution in [2.75, 3.05) is 24.6 Å². The first kappa shape index (κ1) is 20.0. The Hall–Kier alpha value is -2.73. The molecule has 1 N–H and O–H groups in total. The second kappa shape index (κ2) is 8.97. The van der Waals surface area contributed by atoms with Crippen molar-refractivity contribution in [3.05, 3.63) is 71.3 Å². The van der Waals surface area contributed by atoms with Crippen LogP contribution in [0.1, 0.15) is 31.0 Å². The van der Waals surface area contributed by atoms with E-state index in [2.05, 4.69) is 10.2 Å². The molecule has 0 spiro atoms. The van der Waals surface area contributed by atoms with Crippen molar-refractivity contribution in [2.45, 2.75) is 26.0 Å². The Labute approximate surface area is 163 Å². The van der Waals surface area contributed by atoms with Gasteiger partial charge in [-0.15, -0.1) is 0 Å². The van der Waals surface area contributed by atoms with Crippen LogP contribution in [0.4, 0.5) is 14.5 Å². The van der Waals surface area contributed by atoms with Gasteiger partial charge in [0.15, 0.2) is 0 Å². The summed E-state index contributed by atoms with van der Waals surface area (Å²) in [7, 11) is 0. The molecule has 2 aromatic rings. The first-order valence-electron chi connectivity index (χ1n) is 9.33. The molecule has 1 aliphatic rings. The molecule has 4 nitrogen and oxygen atoms in total. The van der Waals surface area contributed by atoms with E-state index in [4.69, 9.17) is 4.74 Å². The van der Waals surface area contributed by atoms with E-state index in [1.165, 1.54) is 6.07 Å². The molecular weight excluding hydrogens is 362 g/mol. The topological polar surface area (TPSA) is 41.6 Å². The molecular formula is C22H24F2N2O2. The fraction of sp³-hybridized carbons (Fsp3) is 0.318. The minimum atomic E-state index is -0.704. The number of ether oxygens (including phenoxy) is 1. The molecule has 148 valence electrons. The predicted molar refractivity (Wildman–Crippen MR) is 106 cm³/mol. The summed E-state index contributed by atoms with van der Waals surface area (Å²) in [5, 5.41) is 2.83. The van der Waals surface area contributed by atoms with Crippen molar-refractivity contribution in [3.63, 3.8) is 0 Å². The number of nitrogens with zero attached hydrogens (tertiary/aromatic N) is 1. The lowest BCUT2D eigenvalue weighted by molar-refractivity contribution is -0.117. The average Bonchev–Trinajstić information content (AvgIpc) is 2.67. The van der Waals surface area contributed by atoms with Gasteiger partial charge in [-0.2, -0.15) is 0 Å². The monoisotopic (exact) mass is 386 g/mol. The SMILES string of the molecule is CC1CN(c2cccc([C@@H](C)NC(=O)C=Cc3c(F)cccc3F)c2)CCO1. The molecule has 6 heteroatoms. The van der Waals surface area contributed by atoms with Crippen molar-refractivity contribution in [3.8, 4) is 0 Å². The summed E-state index contributed by atoms with van der Waals surface area (Å²) in [6.45, 7) is 6.25. The average molecular weight is 386 g/mol. The van der Waals surface area contributed by atoms with E-state index in [0.717, 1.165) is 48.6 Å². The van der Waals surface area contributed by atoms with Gasteiger partial charge in [-0.1, -0.05) is 18.2 Å². The Bertz CT molecular complexity index is 849. The van der Waals surface area contributed by atoms with Crippen molar-refractivity contribution < 1.29 is 18.3 Å². The Balaban J connectivity index is 1.66. The Kier molecular flexibility index (Phi) is 6.41. The predicted octanol–water partition coefficient (Wildman–Crippen LogP) is 4.08. The summed E-state index contributed by atoms with van der Waals surface area (Å²) in [6.07, 6.45) is 2.47. The highest BCUT2D eigenvalue weighted by molar-refractivity contribution is 5.92. The van der Waals surface area contributed by atoms with Crippen molar-refractivity contribution in [1.29, 1.82) is 0 Å². The van der Waals surface area contributed by atoms with Crippen LogP contribution < -0.4 is 10.2 Å². The van der Waals surface area contributed by atoms with E-state index in [-0.39, 0.29) is 17.7 Å². The number of hydrogen-bond donors (Lipinski definition) is 1. The first-order chi connectivity index (χ1) is 13.4. The minimum Gasteiger partial charge on any atom is -0.375 e. The number of anilines is 1. The van der Waals surface area contributed by atoms with Crippen LogP contribution in [0.25, 0.3) is 6.08 Å². The third-order valence-electron chi connectivity index (χ3n) is 4.74. The van der Waals surface area contributed by atoms with Gasteiger partial charge in [0.25, 0.3) is 0 Å². The molecule has 3 rings (SSSR count). The molecule has 0 saturated carbocycles. The lowest BCUT2D eigenvalue weighted by atomic mass is 10.1. The van der Waals surface area contributed by atoms with Gasteiger partial charge in [0.05, 0.1) is 18.8 Å². The molecule has 1 aliphatic heterocycles. The van der Waals surface area contributed by atoms with E-state index in [9.17, 15) is 13.6 Å². The number of nitrogens with one attached hydrogen (secondary N) is 1. The van der Waals surface area contributed by atoms with Gasteiger partial charge in [-0.05, 0) is 49.8 Å². The van der Waals surface area contributed by atoms with Gasteiger partial charge in [-0.25, -0.2) is 8.78 Å². The second-order valence-corrected chi connectivity index (χ2v) is 6.92. The van der Waals surface area contributed by atoms with Gasteiger partial charge in [0.1, 0.15) is 11.6 Å². The Morgan fingerprint density at radius 1 is 1.25 bits per heavy atom. The number of benzene rings is 2. The maximum absolute atomic E-state index is 13.6. The fourth-order valence-electron chi connectivity index (χ4n) is 3.22. The highest BCUT2D eigenvalue weighted by Crippen LogP contribution is 2.23. The molecule has 1 heterocycles. The van der Waals surface area contributed by atoms with Gasteiger partial charge in [0, 0.05) is 30.4 Å². The summed E-state index contributed by atoms with van der Waals surface area (Å²) in [5.41, 5.74) is 1.81. The van der Waals surface area contributed by atoms with Crippen LogP contribution in [0.15, 0.2) is 48.5 Å². The van der Waals surface area contributed by atoms with Crippen molar-refractivity contribution in [2.24, 2.45) is 0 Å². The van der Waals surface area contributed by atoms with Crippen LogP contribution in [-0.2, 0) is 9.53 Å². The van der Waals surface area contributed by atoms with E-state index >= 15 is 0 Å². The first-order valence-corrected chi connectivity index (χ1v) is 9.33. The highest BCUT2D eigenvalue weighted by Gasteiger charge is 2.18. The molecule has 1 unspecified atom stereocenters. The molecule has 0 aromatic heterocycles. The summed E-state index contributed by atoms with van der Waals surface area (Å²) >= 11 is 0. The summed E-state index contributed by atoms with van der Waals surface area (Å²) in [5.74, 6) is -1.82. The minimum absolute atomic E-state index is 0.179. The largest absolute Gasteiger partial charge is 0.375 e. The maximum Gasteiger partial charge on any atom is 0.244 e. The zero-order valence-corrected chi connectivity index (χ0v) is 16.0. The Morgan fingerprint density at radius 2 is 1.96 bits per heavy atom. The normalized spacial score (nSPS) is 18.3. The summed E-state index contributed by atoms with van der Waals surface area (Å²) in [4.78, 5) is 14.4. The van der Waals surface area contributed by atoms with Crippen molar-refractivity contribution in [1.82, 2.24) is 5.32 Å². The molecule has 0 radical (unpaired) electrons. The molecule has 1 amide bonds. The number of carbonyl (C=O) groups is 1. The van der Waals surface area contributed by atoms with E-state index < -0.39 is 17.5 Å². The third kappa shape index (κ3) is 4.95. The van der Waals surface area contributed by atoms with E-state index in [1.54, 1.807) is 0 Å². The van der Waals surface area contributed by atoms with Gasteiger partial charge < -0.3 is 15.0 Å². The number of rotatable bonds is 5. The molecule has 0 bridgehead atoms. The molecule has 1 fully saturated rings. The lowest BCUT2D eigenvalue weighted by Crippen LogP contribution is -2.41. The smallest absolute Gasteiger partial charge is 0.244 e. The molecule has 2 aromatic carbocycles. The third-order valence-corrected chi connectivity index (χ3v) is 4.74. The fourth-order valence-corrected chi connectivity index (χ4v) is 3.22. The van der Waals surface area contributed by atoms with Gasteiger partial charge in [-0.3, -0.25) is 4.79 Å². The zero-order valence-electron chi connectivity index (χ0n) is 16.0. The Morgan fingerprint density at radius 3 is 2.68 bits per heavy atom. The number of morpholine rings is 1. The van der Waals surface area contributed by atoms with Crippen LogP contribution in [0.3, 0.4) is 0 Å². The molecule has 2 atom stereocenters. The van der Waals surface area contributed by atoms with Crippen LogP contribution >= 0.6 is 0 Å². The second-order valence-electron chi connectivity index (χ2n) is 6.92. The van der Waals surface area contributed by atoms with Crippen LogP contribution in [0.5, 0.6) is 0 Å². The van der Waals surface area contributed by atoms with Gasteiger partial charge >= 0.3 is 0 Å². The summed E-state index contributed by atoms with van der Waals surface area (Å²) < 4.78 is 32.9. The quantitative estimate of drug-likeness (QED) is 0.788. The molecule has 28 heavy (non-hydrogen) atoms. The van der Waals surface area contributed by atoms with E-state index in [0.29, 0.717) is 6.61 Å².